The molecule has 0 bridgehead atoms. The van der Waals surface area contributed by atoms with E-state index in [2.05, 4.69) is 5.32 Å². The minimum absolute atomic E-state index is 0.294. The van der Waals surface area contributed by atoms with Crippen LogP contribution in [0.2, 0.25) is 0 Å². The van der Waals surface area contributed by atoms with Gasteiger partial charge < -0.3 is 14.6 Å². The Labute approximate surface area is 146 Å². The number of rotatable bonds is 5. The highest BCUT2D eigenvalue weighted by Crippen LogP contribution is 2.17. The lowest BCUT2D eigenvalue weighted by atomic mass is 10.1. The lowest BCUT2D eigenvalue weighted by Crippen LogP contribution is -2.43. The monoisotopic (exact) mass is 336 g/mol. The number of amides is 1. The first-order valence-electron chi connectivity index (χ1n) is 8.06. The minimum Gasteiger partial charge on any atom is -0.467 e. The fraction of sp³-hybridized carbons (Fsp3) is 0.200. The average Bonchev–Trinajstić information content (AvgIpc) is 3.01. The van der Waals surface area contributed by atoms with Gasteiger partial charge >= 0.3 is 5.97 Å². The van der Waals surface area contributed by atoms with Crippen molar-refractivity contribution in [2.45, 2.75) is 12.5 Å². The van der Waals surface area contributed by atoms with Crippen molar-refractivity contribution in [2.75, 3.05) is 7.11 Å². The van der Waals surface area contributed by atoms with Gasteiger partial charge in [-0.3, -0.25) is 4.79 Å². The summed E-state index contributed by atoms with van der Waals surface area (Å²) in [4.78, 5) is 24.6. The number of methoxy groups -OCH3 is 1. The van der Waals surface area contributed by atoms with Gasteiger partial charge in [-0.15, -0.1) is 0 Å². The van der Waals surface area contributed by atoms with E-state index in [0.29, 0.717) is 12.0 Å². The number of aromatic nitrogens is 1. The number of fused-ring (bicyclic) bond motifs is 1. The predicted molar refractivity (Wildman–Crippen MR) is 96.3 cm³/mol. The topological polar surface area (TPSA) is 60.3 Å². The molecule has 0 saturated carbocycles. The molecule has 5 nitrogen and oxygen atoms in total. The Kier molecular flexibility index (Phi) is 4.84. The molecular weight excluding hydrogens is 316 g/mol. The Morgan fingerprint density at radius 2 is 1.88 bits per heavy atom. The van der Waals surface area contributed by atoms with Gasteiger partial charge in [0.15, 0.2) is 0 Å². The van der Waals surface area contributed by atoms with E-state index in [4.69, 9.17) is 4.74 Å². The largest absolute Gasteiger partial charge is 0.467 e. The molecule has 25 heavy (non-hydrogen) atoms. The normalized spacial score (nSPS) is 11.9. The summed E-state index contributed by atoms with van der Waals surface area (Å²) in [5, 5.41) is 3.76. The lowest BCUT2D eigenvalue weighted by Gasteiger charge is -2.17. The number of aryl methyl sites for hydroxylation is 1. The molecule has 128 valence electrons. The molecule has 0 aliphatic carbocycles. The number of nitrogens with zero attached hydrogens (tertiary/aromatic N) is 1. The second-order valence-electron chi connectivity index (χ2n) is 5.94. The Morgan fingerprint density at radius 3 is 2.60 bits per heavy atom. The third kappa shape index (κ3) is 3.71. The van der Waals surface area contributed by atoms with E-state index in [0.717, 1.165) is 16.5 Å². The molecule has 1 aromatic heterocycles. The maximum atomic E-state index is 12.6. The first-order chi connectivity index (χ1) is 12.1. The van der Waals surface area contributed by atoms with Crippen LogP contribution in [0.25, 0.3) is 10.9 Å². The molecule has 1 amide bonds. The molecule has 0 radical (unpaired) electrons. The van der Waals surface area contributed by atoms with Gasteiger partial charge in [0.1, 0.15) is 6.04 Å². The van der Waals surface area contributed by atoms with Crippen molar-refractivity contribution in [2.24, 2.45) is 7.05 Å². The molecule has 0 spiro atoms. The third-order valence-electron chi connectivity index (χ3n) is 4.22. The summed E-state index contributed by atoms with van der Waals surface area (Å²) in [6, 6.07) is 16.2. The maximum absolute atomic E-state index is 12.6. The highest BCUT2D eigenvalue weighted by Gasteiger charge is 2.22. The zero-order valence-corrected chi connectivity index (χ0v) is 14.2. The highest BCUT2D eigenvalue weighted by atomic mass is 16.5. The standard InChI is InChI=1S/C20H20N2O3/c1-22-11-10-15-13-16(8-9-18(15)22)19(23)21-17(20(24)25-2)12-14-6-4-3-5-7-14/h3-11,13,17H,12H2,1-2H3,(H,21,23)/t17-/m0/s1. The Balaban J connectivity index is 1.79. The third-order valence-corrected chi connectivity index (χ3v) is 4.22. The lowest BCUT2D eigenvalue weighted by molar-refractivity contribution is -0.142. The van der Waals surface area contributed by atoms with Crippen LogP contribution in [0.1, 0.15) is 15.9 Å². The Bertz CT molecular complexity index is 900. The van der Waals surface area contributed by atoms with Crippen molar-refractivity contribution in [3.63, 3.8) is 0 Å². The molecule has 0 aliphatic heterocycles. The van der Waals surface area contributed by atoms with Gasteiger partial charge in [0.25, 0.3) is 5.91 Å². The fourth-order valence-electron chi connectivity index (χ4n) is 2.85. The molecular formula is C20H20N2O3. The van der Waals surface area contributed by atoms with Crippen LogP contribution in [0.15, 0.2) is 60.8 Å². The number of ether oxygens (including phenoxy) is 1. The molecule has 3 rings (SSSR count). The van der Waals surface area contributed by atoms with Crippen molar-refractivity contribution < 1.29 is 14.3 Å². The van der Waals surface area contributed by atoms with Crippen LogP contribution >= 0.6 is 0 Å². The first-order valence-corrected chi connectivity index (χ1v) is 8.06. The predicted octanol–water partition coefficient (Wildman–Crippen LogP) is 2.69. The van der Waals surface area contributed by atoms with Crippen molar-refractivity contribution in [3.05, 3.63) is 71.9 Å². The molecule has 1 N–H and O–H groups in total. The van der Waals surface area contributed by atoms with Gasteiger partial charge in [0.05, 0.1) is 7.11 Å². The fourth-order valence-corrected chi connectivity index (χ4v) is 2.85. The number of carbonyl (C=O) groups excluding carboxylic acids is 2. The second kappa shape index (κ2) is 7.21. The molecule has 3 aromatic rings. The average molecular weight is 336 g/mol. The molecule has 1 atom stereocenters. The van der Waals surface area contributed by atoms with Gasteiger partial charge in [-0.25, -0.2) is 4.79 Å². The molecule has 5 heteroatoms. The van der Waals surface area contributed by atoms with Gasteiger partial charge in [-0.05, 0) is 29.8 Å². The second-order valence-corrected chi connectivity index (χ2v) is 5.94. The summed E-state index contributed by atoms with van der Waals surface area (Å²) in [7, 11) is 3.28. The number of esters is 1. The molecule has 0 fully saturated rings. The van der Waals surface area contributed by atoms with Crippen LogP contribution in [0.4, 0.5) is 0 Å². The van der Waals surface area contributed by atoms with E-state index in [9.17, 15) is 9.59 Å². The zero-order chi connectivity index (χ0) is 17.8. The smallest absolute Gasteiger partial charge is 0.328 e. The van der Waals surface area contributed by atoms with E-state index in [1.54, 1.807) is 6.07 Å². The number of hydrogen-bond donors (Lipinski definition) is 1. The maximum Gasteiger partial charge on any atom is 0.328 e. The van der Waals surface area contributed by atoms with Gasteiger partial charge in [-0.2, -0.15) is 0 Å². The van der Waals surface area contributed by atoms with Crippen molar-refractivity contribution in [3.8, 4) is 0 Å². The Hall–Kier alpha value is -3.08. The van der Waals surface area contributed by atoms with Crippen LogP contribution in [0, 0.1) is 0 Å². The summed E-state index contributed by atoms with van der Waals surface area (Å²) < 4.78 is 6.83. The van der Waals surface area contributed by atoms with E-state index < -0.39 is 12.0 Å². The highest BCUT2D eigenvalue weighted by molar-refractivity contribution is 6.00. The summed E-state index contributed by atoms with van der Waals surface area (Å²) in [6.07, 6.45) is 2.33. The molecule has 0 unspecified atom stereocenters. The van der Waals surface area contributed by atoms with Crippen LogP contribution < -0.4 is 5.32 Å². The Morgan fingerprint density at radius 1 is 1.12 bits per heavy atom. The summed E-state index contributed by atoms with van der Waals surface area (Å²) in [5.74, 6) is -0.755. The molecule has 0 saturated heterocycles. The minimum atomic E-state index is -0.730. The number of carbonyl (C=O) groups is 2. The first kappa shape index (κ1) is 16.8. The van der Waals surface area contributed by atoms with Crippen LogP contribution in [-0.2, 0) is 23.0 Å². The zero-order valence-electron chi connectivity index (χ0n) is 14.2. The van der Waals surface area contributed by atoms with Crippen LogP contribution in [-0.4, -0.2) is 29.6 Å². The number of benzene rings is 2. The van der Waals surface area contributed by atoms with E-state index in [1.165, 1.54) is 7.11 Å². The SMILES string of the molecule is COC(=O)[C@H](Cc1ccccc1)NC(=O)c1ccc2c(ccn2C)c1. The van der Waals surface area contributed by atoms with Gasteiger partial charge in [0, 0.05) is 36.1 Å². The van der Waals surface area contributed by atoms with Gasteiger partial charge in [-0.1, -0.05) is 30.3 Å². The molecule has 2 aromatic carbocycles. The molecule has 0 aliphatic rings. The number of hydrogen-bond acceptors (Lipinski definition) is 3. The summed E-state index contributed by atoms with van der Waals surface area (Å²) in [5.41, 5.74) is 2.52. The summed E-state index contributed by atoms with van der Waals surface area (Å²) in [6.45, 7) is 0. The van der Waals surface area contributed by atoms with Crippen molar-refractivity contribution in [1.29, 1.82) is 0 Å². The van der Waals surface area contributed by atoms with Crippen molar-refractivity contribution in [1.82, 2.24) is 9.88 Å². The van der Waals surface area contributed by atoms with E-state index in [-0.39, 0.29) is 5.91 Å². The van der Waals surface area contributed by atoms with Crippen molar-refractivity contribution >= 4 is 22.8 Å². The number of nitrogens with one attached hydrogen (secondary N) is 1. The van der Waals surface area contributed by atoms with E-state index >= 15 is 0 Å². The van der Waals surface area contributed by atoms with Gasteiger partial charge in [0.2, 0.25) is 0 Å². The van der Waals surface area contributed by atoms with Crippen LogP contribution in [0.3, 0.4) is 0 Å². The quantitative estimate of drug-likeness (QED) is 0.729. The van der Waals surface area contributed by atoms with Crippen LogP contribution in [0.5, 0.6) is 0 Å². The summed E-state index contributed by atoms with van der Waals surface area (Å²) >= 11 is 0. The van der Waals surface area contributed by atoms with E-state index in [1.807, 2.05) is 66.3 Å². The molecule has 1 heterocycles.